The Balaban J connectivity index is 3.33. The van der Waals surface area contributed by atoms with Crippen LogP contribution in [0.4, 0.5) is 0 Å². The fraction of sp³-hybridized carbons (Fsp3) is 0.717. The standard InChI is InChI=1S/C46H75N7O14/c1-14-17-29(38(58)43(63)47-25-35(57)65-24-15-2)49-41(61)32-18-16-23-53(32)44(64)37(27(5)6)52-42(62)36(26(3)4)51-40(60)31(20-22-34(56)67-46(11,12)13)50-39(59)30(48-28(7)54)19-21-33(55)66-45(8,9)10/h15,26-27,29-32,36-37H,2,14,16-25H2,1,3-13H3,(H,47,63)(H,48,54)(H,49,61)(H,50,59)(H,51,60)(H,52,62)/t29-,30-,31-,32-,36-,37-/m0/s1. The van der Waals surface area contributed by atoms with Crippen LogP contribution in [0.25, 0.3) is 0 Å². The van der Waals surface area contributed by atoms with Gasteiger partial charge in [0, 0.05) is 26.3 Å². The van der Waals surface area contributed by atoms with Crippen LogP contribution in [0, 0.1) is 11.8 Å². The third kappa shape index (κ3) is 22.0. The van der Waals surface area contributed by atoms with Crippen molar-refractivity contribution < 1.29 is 67.0 Å². The highest BCUT2D eigenvalue weighted by Gasteiger charge is 2.41. The summed E-state index contributed by atoms with van der Waals surface area (Å²) in [6.07, 6.45) is 1.38. The van der Waals surface area contributed by atoms with Crippen LogP contribution in [0.5, 0.6) is 0 Å². The number of ether oxygens (including phenoxy) is 3. The van der Waals surface area contributed by atoms with Crippen molar-refractivity contribution in [3.05, 3.63) is 12.7 Å². The van der Waals surface area contributed by atoms with E-state index in [1.54, 1.807) is 76.2 Å². The van der Waals surface area contributed by atoms with Crippen LogP contribution in [0.1, 0.15) is 134 Å². The molecule has 7 amide bonds. The molecule has 0 spiro atoms. The Labute approximate surface area is 394 Å². The number of Topliss-reactive ketones (excluding diaryl/α,β-unsaturated/α-hetero) is 1. The van der Waals surface area contributed by atoms with Gasteiger partial charge in [-0.05, 0) is 85.5 Å². The molecule has 1 fully saturated rings. The topological polar surface area (TPSA) is 291 Å². The number of nitrogens with zero attached hydrogens (tertiary/aromatic N) is 1. The van der Waals surface area contributed by atoms with E-state index in [1.165, 1.54) is 17.9 Å². The minimum absolute atomic E-state index is 0.0854. The summed E-state index contributed by atoms with van der Waals surface area (Å²) >= 11 is 0. The fourth-order valence-corrected chi connectivity index (χ4v) is 6.82. The third-order valence-corrected chi connectivity index (χ3v) is 9.95. The van der Waals surface area contributed by atoms with E-state index in [-0.39, 0.29) is 51.7 Å². The van der Waals surface area contributed by atoms with Crippen LogP contribution in [-0.4, -0.2) is 137 Å². The van der Waals surface area contributed by atoms with E-state index in [0.717, 1.165) is 0 Å². The average Bonchev–Trinajstić information content (AvgIpc) is 3.71. The maximum atomic E-state index is 14.2. The predicted octanol–water partition coefficient (Wildman–Crippen LogP) is 1.19. The number of carbonyl (C=O) groups is 11. The largest absolute Gasteiger partial charge is 0.460 e. The Morgan fingerprint density at radius 2 is 1.18 bits per heavy atom. The number of likely N-dealkylation sites (tertiary alicyclic amines) is 1. The first-order valence-corrected chi connectivity index (χ1v) is 22.8. The Kier molecular flexibility index (Phi) is 24.4. The molecule has 0 aromatic carbocycles. The Hall–Kier alpha value is -5.89. The van der Waals surface area contributed by atoms with Crippen molar-refractivity contribution in [3.8, 4) is 0 Å². The lowest BCUT2D eigenvalue weighted by molar-refractivity contribution is -0.156. The average molecular weight is 950 g/mol. The van der Waals surface area contributed by atoms with Gasteiger partial charge in [0.05, 0.1) is 6.04 Å². The Bertz CT molecular complexity index is 1800. The van der Waals surface area contributed by atoms with Gasteiger partial charge in [0.25, 0.3) is 5.91 Å². The molecule has 1 aliphatic rings. The summed E-state index contributed by atoms with van der Waals surface area (Å²) < 4.78 is 15.5. The molecule has 0 radical (unpaired) electrons. The maximum Gasteiger partial charge on any atom is 0.325 e. The molecular formula is C46H75N7O14. The highest BCUT2D eigenvalue weighted by Crippen LogP contribution is 2.22. The number of esters is 3. The predicted molar refractivity (Wildman–Crippen MR) is 244 cm³/mol. The van der Waals surface area contributed by atoms with Gasteiger partial charge in [-0.1, -0.05) is 53.7 Å². The summed E-state index contributed by atoms with van der Waals surface area (Å²) in [5.41, 5.74) is -1.67. The van der Waals surface area contributed by atoms with E-state index in [4.69, 9.17) is 14.2 Å². The van der Waals surface area contributed by atoms with Gasteiger partial charge in [0.2, 0.25) is 41.2 Å². The van der Waals surface area contributed by atoms with Crippen molar-refractivity contribution in [2.24, 2.45) is 11.8 Å². The fourth-order valence-electron chi connectivity index (χ4n) is 6.82. The van der Waals surface area contributed by atoms with Crippen molar-refractivity contribution in [1.29, 1.82) is 0 Å². The van der Waals surface area contributed by atoms with E-state index in [0.29, 0.717) is 12.8 Å². The zero-order chi connectivity index (χ0) is 51.4. The van der Waals surface area contributed by atoms with Crippen molar-refractivity contribution in [2.75, 3.05) is 19.7 Å². The molecule has 0 unspecified atom stereocenters. The molecule has 0 aromatic rings. The van der Waals surface area contributed by atoms with Crippen LogP contribution in [0.15, 0.2) is 12.7 Å². The summed E-state index contributed by atoms with van der Waals surface area (Å²) in [5.74, 6) is -9.71. The number of rotatable bonds is 26. The van der Waals surface area contributed by atoms with Crippen molar-refractivity contribution in [1.82, 2.24) is 36.8 Å². The quantitative estimate of drug-likeness (QED) is 0.0308. The first kappa shape index (κ1) is 59.1. The molecule has 67 heavy (non-hydrogen) atoms. The zero-order valence-corrected chi connectivity index (χ0v) is 41.3. The molecule has 21 heteroatoms. The number of ketones is 1. The van der Waals surface area contributed by atoms with E-state index in [2.05, 4.69) is 38.5 Å². The molecule has 6 N–H and O–H groups in total. The molecule has 0 aromatic heterocycles. The van der Waals surface area contributed by atoms with E-state index in [9.17, 15) is 52.7 Å². The van der Waals surface area contributed by atoms with Gasteiger partial charge in [-0.2, -0.15) is 0 Å². The summed E-state index contributed by atoms with van der Waals surface area (Å²) in [4.78, 5) is 146. The molecular weight excluding hydrogens is 875 g/mol. The summed E-state index contributed by atoms with van der Waals surface area (Å²) in [6.45, 7) is 22.4. The summed E-state index contributed by atoms with van der Waals surface area (Å²) in [7, 11) is 0. The lowest BCUT2D eigenvalue weighted by Gasteiger charge is -2.33. The lowest BCUT2D eigenvalue weighted by Crippen LogP contribution is -2.61. The molecule has 1 aliphatic heterocycles. The van der Waals surface area contributed by atoms with Crippen molar-refractivity contribution in [2.45, 2.75) is 182 Å². The van der Waals surface area contributed by atoms with E-state index < -0.39 is 131 Å². The number of carbonyl (C=O) groups excluding carboxylic acids is 11. The lowest BCUT2D eigenvalue weighted by atomic mass is 9.98. The second-order valence-corrected chi connectivity index (χ2v) is 19.1. The second kappa shape index (κ2) is 27.7. The van der Waals surface area contributed by atoms with Gasteiger partial charge in [0.15, 0.2) is 0 Å². The van der Waals surface area contributed by atoms with Crippen LogP contribution >= 0.6 is 0 Å². The molecule has 1 saturated heterocycles. The first-order valence-electron chi connectivity index (χ1n) is 22.8. The van der Waals surface area contributed by atoms with Crippen LogP contribution in [-0.2, 0) is 67.0 Å². The Morgan fingerprint density at radius 3 is 1.66 bits per heavy atom. The first-order chi connectivity index (χ1) is 31.0. The van der Waals surface area contributed by atoms with Gasteiger partial charge in [-0.3, -0.25) is 52.7 Å². The molecule has 0 saturated carbocycles. The third-order valence-electron chi connectivity index (χ3n) is 9.95. The van der Waals surface area contributed by atoms with Crippen LogP contribution in [0.3, 0.4) is 0 Å². The van der Waals surface area contributed by atoms with E-state index in [1.807, 2.05) is 0 Å². The normalized spacial score (nSPS) is 16.0. The molecule has 0 bridgehead atoms. The SMILES string of the molecule is C=CCOC(=O)CNC(=O)C(=O)[C@H](CCC)NC(=O)[C@@H]1CCCN1C(=O)[C@@H](NC(=O)[C@@H](NC(=O)[C@H](CCC(=O)OC(C)(C)C)NC(=O)[C@H](CCC(=O)OC(C)(C)C)NC(C)=O)C(C)C)C(C)C. The molecule has 6 atom stereocenters. The minimum atomic E-state index is -1.45. The number of nitrogens with one attached hydrogen (secondary N) is 6. The zero-order valence-electron chi connectivity index (χ0n) is 41.3. The Morgan fingerprint density at radius 1 is 0.672 bits per heavy atom. The number of hydrogen-bond donors (Lipinski definition) is 6. The number of amides is 7. The highest BCUT2D eigenvalue weighted by molar-refractivity contribution is 6.38. The molecule has 0 aliphatic carbocycles. The maximum absolute atomic E-state index is 14.2. The minimum Gasteiger partial charge on any atom is -0.460 e. The van der Waals surface area contributed by atoms with Gasteiger partial charge >= 0.3 is 17.9 Å². The molecule has 1 heterocycles. The molecule has 378 valence electrons. The highest BCUT2D eigenvalue weighted by atomic mass is 16.6. The van der Waals surface area contributed by atoms with Crippen LogP contribution < -0.4 is 31.9 Å². The summed E-state index contributed by atoms with van der Waals surface area (Å²) in [5, 5.41) is 15.2. The van der Waals surface area contributed by atoms with Crippen molar-refractivity contribution in [3.63, 3.8) is 0 Å². The number of hydrogen-bond acceptors (Lipinski definition) is 14. The van der Waals surface area contributed by atoms with Crippen molar-refractivity contribution >= 4 is 65.0 Å². The monoisotopic (exact) mass is 950 g/mol. The van der Waals surface area contributed by atoms with E-state index >= 15 is 0 Å². The second-order valence-electron chi connectivity index (χ2n) is 19.1. The summed E-state index contributed by atoms with van der Waals surface area (Å²) in [6, 6.07) is -7.56. The van der Waals surface area contributed by atoms with Gasteiger partial charge in [-0.25, -0.2) is 0 Å². The smallest absolute Gasteiger partial charge is 0.325 e. The molecule has 21 nitrogen and oxygen atoms in total. The van der Waals surface area contributed by atoms with Gasteiger partial charge < -0.3 is 51.0 Å². The molecule has 1 rings (SSSR count). The van der Waals surface area contributed by atoms with Gasteiger partial charge in [0.1, 0.15) is 54.6 Å². The van der Waals surface area contributed by atoms with Crippen LogP contribution in [0.2, 0.25) is 0 Å². The van der Waals surface area contributed by atoms with Gasteiger partial charge in [-0.15, -0.1) is 0 Å².